The summed E-state index contributed by atoms with van der Waals surface area (Å²) in [7, 11) is 0. The second kappa shape index (κ2) is 4.55. The Morgan fingerprint density at radius 1 is 1.19 bits per heavy atom. The zero-order valence-corrected chi connectivity index (χ0v) is 9.11. The highest BCUT2D eigenvalue weighted by Crippen LogP contribution is 2.32. The third kappa shape index (κ3) is 2.24. The van der Waals surface area contributed by atoms with Crippen molar-refractivity contribution in [3.8, 4) is 6.07 Å². The SMILES string of the molecule is N#Cc1cc(N=Nc2ccccc2)sc1N. The lowest BCUT2D eigenvalue weighted by Gasteiger charge is -1.88. The van der Waals surface area contributed by atoms with E-state index in [1.807, 2.05) is 36.4 Å². The molecule has 4 nitrogen and oxygen atoms in total. The molecule has 0 fully saturated rings. The number of thiophene rings is 1. The molecule has 1 aromatic carbocycles. The second-order valence-corrected chi connectivity index (χ2v) is 4.07. The highest BCUT2D eigenvalue weighted by Gasteiger charge is 2.04. The Bertz CT molecular complexity index is 551. The molecule has 2 aromatic rings. The van der Waals surface area contributed by atoms with E-state index in [-0.39, 0.29) is 0 Å². The van der Waals surface area contributed by atoms with Gasteiger partial charge in [-0.3, -0.25) is 0 Å². The van der Waals surface area contributed by atoms with Gasteiger partial charge in [-0.2, -0.15) is 5.26 Å². The maximum atomic E-state index is 8.72. The van der Waals surface area contributed by atoms with Gasteiger partial charge in [-0.15, -0.1) is 10.2 Å². The number of azo groups is 1. The summed E-state index contributed by atoms with van der Waals surface area (Å²) >= 11 is 1.25. The van der Waals surface area contributed by atoms with E-state index in [0.717, 1.165) is 5.69 Å². The molecule has 2 rings (SSSR count). The highest BCUT2D eigenvalue weighted by molar-refractivity contribution is 7.19. The van der Waals surface area contributed by atoms with Crippen molar-refractivity contribution in [2.24, 2.45) is 10.2 Å². The lowest BCUT2D eigenvalue weighted by atomic mass is 10.3. The minimum atomic E-state index is 0.451. The first kappa shape index (κ1) is 10.3. The number of nitriles is 1. The van der Waals surface area contributed by atoms with Gasteiger partial charge in [0.1, 0.15) is 16.1 Å². The minimum absolute atomic E-state index is 0.451. The number of nitrogens with zero attached hydrogens (tertiary/aromatic N) is 3. The lowest BCUT2D eigenvalue weighted by Crippen LogP contribution is -1.80. The largest absolute Gasteiger partial charge is 0.389 e. The molecular formula is C11H8N4S. The van der Waals surface area contributed by atoms with Gasteiger partial charge >= 0.3 is 0 Å². The smallest absolute Gasteiger partial charge is 0.142 e. The predicted octanol–water partition coefficient (Wildman–Crippen LogP) is 3.62. The van der Waals surface area contributed by atoms with Gasteiger partial charge in [-0.25, -0.2) is 0 Å². The summed E-state index contributed by atoms with van der Waals surface area (Å²) in [5.74, 6) is 0. The summed E-state index contributed by atoms with van der Waals surface area (Å²) in [6, 6.07) is 13.0. The molecule has 1 aromatic heterocycles. The van der Waals surface area contributed by atoms with Crippen molar-refractivity contribution in [3.05, 3.63) is 42.0 Å². The maximum absolute atomic E-state index is 8.72. The van der Waals surface area contributed by atoms with E-state index in [1.165, 1.54) is 11.3 Å². The fourth-order valence-electron chi connectivity index (χ4n) is 1.13. The summed E-state index contributed by atoms with van der Waals surface area (Å²) in [4.78, 5) is 0. The van der Waals surface area contributed by atoms with Crippen LogP contribution in [0.15, 0.2) is 46.6 Å². The second-order valence-electron chi connectivity index (χ2n) is 3.01. The normalized spacial score (nSPS) is 10.4. The molecule has 0 atom stereocenters. The molecule has 0 bridgehead atoms. The average Bonchev–Trinajstić information content (AvgIpc) is 2.69. The van der Waals surface area contributed by atoms with Crippen molar-refractivity contribution in [2.75, 3.05) is 5.73 Å². The number of benzene rings is 1. The van der Waals surface area contributed by atoms with Crippen LogP contribution in [-0.4, -0.2) is 0 Å². The van der Waals surface area contributed by atoms with E-state index in [0.29, 0.717) is 15.6 Å². The van der Waals surface area contributed by atoms with Crippen LogP contribution in [0.1, 0.15) is 5.56 Å². The number of nitrogens with two attached hydrogens (primary N) is 1. The van der Waals surface area contributed by atoms with E-state index in [2.05, 4.69) is 10.2 Å². The Labute approximate surface area is 96.7 Å². The van der Waals surface area contributed by atoms with Crippen LogP contribution in [0.25, 0.3) is 0 Å². The van der Waals surface area contributed by atoms with Crippen LogP contribution in [0, 0.1) is 11.3 Å². The predicted molar refractivity (Wildman–Crippen MR) is 64.1 cm³/mol. The first-order chi connectivity index (χ1) is 7.79. The van der Waals surface area contributed by atoms with E-state index in [4.69, 9.17) is 11.0 Å². The molecular weight excluding hydrogens is 220 g/mol. The lowest BCUT2D eigenvalue weighted by molar-refractivity contribution is 1.25. The van der Waals surface area contributed by atoms with E-state index < -0.39 is 0 Å². The molecule has 0 saturated heterocycles. The molecule has 0 spiro atoms. The standard InChI is InChI=1S/C11H8N4S/c12-7-8-6-10(16-11(8)13)15-14-9-4-2-1-3-5-9/h1-6H,13H2. The molecule has 0 radical (unpaired) electrons. The molecule has 0 aliphatic rings. The van der Waals surface area contributed by atoms with Crippen molar-refractivity contribution < 1.29 is 0 Å². The molecule has 5 heteroatoms. The fraction of sp³-hybridized carbons (Fsp3) is 0. The monoisotopic (exact) mass is 228 g/mol. The Balaban J connectivity index is 2.22. The molecule has 2 N–H and O–H groups in total. The first-order valence-electron chi connectivity index (χ1n) is 4.56. The first-order valence-corrected chi connectivity index (χ1v) is 5.37. The summed E-state index contributed by atoms with van der Waals surface area (Å²) in [6.07, 6.45) is 0. The van der Waals surface area contributed by atoms with Gasteiger partial charge in [0, 0.05) is 0 Å². The van der Waals surface area contributed by atoms with Crippen LogP contribution in [0.4, 0.5) is 15.7 Å². The number of hydrogen-bond acceptors (Lipinski definition) is 5. The van der Waals surface area contributed by atoms with Crippen LogP contribution < -0.4 is 5.73 Å². The number of anilines is 1. The molecule has 0 unspecified atom stereocenters. The van der Waals surface area contributed by atoms with E-state index in [1.54, 1.807) is 6.07 Å². The van der Waals surface area contributed by atoms with Gasteiger partial charge in [-0.1, -0.05) is 29.5 Å². The Morgan fingerprint density at radius 3 is 2.56 bits per heavy atom. The third-order valence-electron chi connectivity index (χ3n) is 1.89. The Kier molecular flexibility index (Phi) is 2.94. The molecule has 16 heavy (non-hydrogen) atoms. The maximum Gasteiger partial charge on any atom is 0.142 e. The van der Waals surface area contributed by atoms with Gasteiger partial charge in [0.25, 0.3) is 0 Å². The molecule has 0 amide bonds. The van der Waals surface area contributed by atoms with Crippen molar-refractivity contribution in [1.82, 2.24) is 0 Å². The number of rotatable bonds is 2. The van der Waals surface area contributed by atoms with Crippen LogP contribution in [-0.2, 0) is 0 Å². The molecule has 1 heterocycles. The third-order valence-corrected chi connectivity index (χ3v) is 2.74. The number of hydrogen-bond donors (Lipinski definition) is 1. The molecule has 0 aliphatic heterocycles. The van der Waals surface area contributed by atoms with Crippen molar-refractivity contribution in [3.63, 3.8) is 0 Å². The zero-order valence-electron chi connectivity index (χ0n) is 8.29. The van der Waals surface area contributed by atoms with Crippen LogP contribution in [0.5, 0.6) is 0 Å². The fourth-order valence-corrected chi connectivity index (χ4v) is 1.83. The summed E-state index contributed by atoms with van der Waals surface area (Å²) in [6.45, 7) is 0. The zero-order chi connectivity index (χ0) is 11.4. The topological polar surface area (TPSA) is 74.5 Å². The average molecular weight is 228 g/mol. The van der Waals surface area contributed by atoms with Gasteiger partial charge < -0.3 is 5.73 Å². The molecule has 78 valence electrons. The van der Waals surface area contributed by atoms with Crippen molar-refractivity contribution >= 4 is 27.0 Å². The van der Waals surface area contributed by atoms with E-state index in [9.17, 15) is 0 Å². The van der Waals surface area contributed by atoms with Crippen LogP contribution >= 0.6 is 11.3 Å². The molecule has 0 aliphatic carbocycles. The number of nitrogen functional groups attached to an aromatic ring is 1. The Morgan fingerprint density at radius 2 is 1.94 bits per heavy atom. The highest BCUT2D eigenvalue weighted by atomic mass is 32.1. The van der Waals surface area contributed by atoms with Gasteiger partial charge in [0.05, 0.1) is 11.3 Å². The van der Waals surface area contributed by atoms with Gasteiger partial charge in [0.2, 0.25) is 0 Å². The van der Waals surface area contributed by atoms with E-state index >= 15 is 0 Å². The van der Waals surface area contributed by atoms with Crippen molar-refractivity contribution in [1.29, 1.82) is 5.26 Å². The van der Waals surface area contributed by atoms with Gasteiger partial charge in [-0.05, 0) is 18.2 Å². The minimum Gasteiger partial charge on any atom is -0.389 e. The van der Waals surface area contributed by atoms with Crippen molar-refractivity contribution in [2.45, 2.75) is 0 Å². The van der Waals surface area contributed by atoms with Crippen LogP contribution in [0.3, 0.4) is 0 Å². The summed E-state index contributed by atoms with van der Waals surface area (Å²) < 4.78 is 0. The quantitative estimate of drug-likeness (QED) is 0.797. The van der Waals surface area contributed by atoms with Crippen LogP contribution in [0.2, 0.25) is 0 Å². The Hall–Kier alpha value is -2.19. The summed E-state index contributed by atoms with van der Waals surface area (Å²) in [5, 5.41) is 17.9. The summed E-state index contributed by atoms with van der Waals surface area (Å²) in [5.41, 5.74) is 6.84. The van der Waals surface area contributed by atoms with Gasteiger partial charge in [0.15, 0.2) is 0 Å². The molecule has 0 saturated carbocycles.